The third-order valence-corrected chi connectivity index (χ3v) is 4.51. The van der Waals surface area contributed by atoms with Gasteiger partial charge in [0, 0.05) is 6.42 Å². The van der Waals surface area contributed by atoms with E-state index in [0.717, 1.165) is 6.42 Å². The number of hydrogen-bond acceptors (Lipinski definition) is 1. The van der Waals surface area contributed by atoms with Crippen LogP contribution in [0.4, 0.5) is 0 Å². The van der Waals surface area contributed by atoms with Gasteiger partial charge in [0.25, 0.3) is 0 Å². The summed E-state index contributed by atoms with van der Waals surface area (Å²) < 4.78 is 0. The number of ketones is 1. The van der Waals surface area contributed by atoms with E-state index in [0.29, 0.717) is 11.7 Å². The van der Waals surface area contributed by atoms with E-state index in [-0.39, 0.29) is 5.41 Å². The Morgan fingerprint density at radius 2 is 2.12 bits per heavy atom. The van der Waals surface area contributed by atoms with Crippen LogP contribution in [-0.4, -0.2) is 5.78 Å². The number of allylic oxidation sites excluding steroid dienone is 4. The van der Waals surface area contributed by atoms with Crippen LogP contribution >= 0.6 is 0 Å². The Morgan fingerprint density at radius 1 is 1.44 bits per heavy atom. The molecule has 0 aromatic rings. The zero-order chi connectivity index (χ0) is 11.9. The first-order chi connectivity index (χ1) is 7.42. The Labute approximate surface area is 98.6 Å². The van der Waals surface area contributed by atoms with Crippen molar-refractivity contribution >= 4 is 5.78 Å². The molecule has 1 fully saturated rings. The molecule has 88 valence electrons. The minimum Gasteiger partial charge on any atom is -0.295 e. The van der Waals surface area contributed by atoms with Gasteiger partial charge in [0.2, 0.25) is 0 Å². The molecule has 0 aromatic carbocycles. The third kappa shape index (κ3) is 1.88. The van der Waals surface area contributed by atoms with Crippen molar-refractivity contribution < 1.29 is 4.79 Å². The summed E-state index contributed by atoms with van der Waals surface area (Å²) >= 11 is 0. The fourth-order valence-corrected chi connectivity index (χ4v) is 3.39. The molecule has 0 spiro atoms. The smallest absolute Gasteiger partial charge is 0.156 e. The fraction of sp³-hybridized carbons (Fsp3) is 0.667. The SMILES string of the molecule is CC1=CC(=O)CC2(C)CCC(=C(C)C)CC12. The molecule has 2 aliphatic rings. The van der Waals surface area contributed by atoms with Gasteiger partial charge in [-0.2, -0.15) is 0 Å². The molecule has 1 nitrogen and oxygen atoms in total. The van der Waals surface area contributed by atoms with E-state index in [1.165, 1.54) is 30.4 Å². The van der Waals surface area contributed by atoms with Crippen LogP contribution in [0.25, 0.3) is 0 Å². The average Bonchev–Trinajstić information content (AvgIpc) is 2.15. The standard InChI is InChI=1S/C15H22O/c1-10(2)12-5-6-15(4)9-13(16)7-11(3)14(15)8-12/h7,14H,5-6,8-9H2,1-4H3. The monoisotopic (exact) mass is 218 g/mol. The van der Waals surface area contributed by atoms with E-state index < -0.39 is 0 Å². The number of hydrogen-bond donors (Lipinski definition) is 0. The van der Waals surface area contributed by atoms with Crippen molar-refractivity contribution in [1.29, 1.82) is 0 Å². The van der Waals surface area contributed by atoms with Crippen LogP contribution in [0.15, 0.2) is 22.8 Å². The van der Waals surface area contributed by atoms with Crippen molar-refractivity contribution in [1.82, 2.24) is 0 Å². The van der Waals surface area contributed by atoms with E-state index in [2.05, 4.69) is 27.7 Å². The molecule has 2 rings (SSSR count). The van der Waals surface area contributed by atoms with Crippen LogP contribution in [0.2, 0.25) is 0 Å². The quantitative estimate of drug-likeness (QED) is 0.561. The van der Waals surface area contributed by atoms with E-state index in [9.17, 15) is 4.79 Å². The second-order valence-electron chi connectivity index (χ2n) is 6.05. The summed E-state index contributed by atoms with van der Waals surface area (Å²) in [5.74, 6) is 0.931. The number of carbonyl (C=O) groups excluding carboxylic acids is 1. The minimum absolute atomic E-state index is 0.231. The highest BCUT2D eigenvalue weighted by Gasteiger charge is 2.42. The lowest BCUT2D eigenvalue weighted by Gasteiger charge is -2.45. The lowest BCUT2D eigenvalue weighted by atomic mass is 9.59. The van der Waals surface area contributed by atoms with Gasteiger partial charge in [-0.05, 0) is 57.4 Å². The first kappa shape index (κ1) is 11.6. The van der Waals surface area contributed by atoms with Crippen LogP contribution in [0, 0.1) is 11.3 Å². The van der Waals surface area contributed by atoms with Crippen LogP contribution in [-0.2, 0) is 4.79 Å². The summed E-state index contributed by atoms with van der Waals surface area (Å²) in [5.41, 5.74) is 4.63. The van der Waals surface area contributed by atoms with Crippen molar-refractivity contribution in [2.24, 2.45) is 11.3 Å². The van der Waals surface area contributed by atoms with Crippen molar-refractivity contribution in [3.63, 3.8) is 0 Å². The lowest BCUT2D eigenvalue weighted by molar-refractivity contribution is -0.118. The predicted octanol–water partition coefficient (Wildman–Crippen LogP) is 4.05. The second kappa shape index (κ2) is 3.87. The zero-order valence-corrected chi connectivity index (χ0v) is 10.9. The van der Waals surface area contributed by atoms with Gasteiger partial charge in [0.1, 0.15) is 0 Å². The molecule has 0 bridgehead atoms. The van der Waals surface area contributed by atoms with Crippen LogP contribution in [0.3, 0.4) is 0 Å². The Kier molecular flexibility index (Phi) is 2.81. The van der Waals surface area contributed by atoms with Crippen molar-refractivity contribution in [2.45, 2.75) is 53.4 Å². The highest BCUT2D eigenvalue weighted by Crippen LogP contribution is 2.51. The molecular weight excluding hydrogens is 196 g/mol. The van der Waals surface area contributed by atoms with Gasteiger partial charge < -0.3 is 0 Å². The van der Waals surface area contributed by atoms with Crippen LogP contribution in [0.5, 0.6) is 0 Å². The van der Waals surface area contributed by atoms with Gasteiger partial charge in [-0.25, -0.2) is 0 Å². The zero-order valence-electron chi connectivity index (χ0n) is 10.9. The van der Waals surface area contributed by atoms with Gasteiger partial charge in [-0.15, -0.1) is 0 Å². The maximum Gasteiger partial charge on any atom is 0.156 e. The Bertz CT molecular complexity index is 382. The second-order valence-corrected chi connectivity index (χ2v) is 6.05. The molecule has 0 saturated heterocycles. The minimum atomic E-state index is 0.231. The number of carbonyl (C=O) groups is 1. The van der Waals surface area contributed by atoms with Gasteiger partial charge in [0.15, 0.2) is 5.78 Å². The van der Waals surface area contributed by atoms with Crippen molar-refractivity contribution in [3.8, 4) is 0 Å². The Hall–Kier alpha value is -0.850. The third-order valence-electron chi connectivity index (χ3n) is 4.51. The van der Waals surface area contributed by atoms with Gasteiger partial charge in [-0.1, -0.05) is 23.6 Å². The first-order valence-corrected chi connectivity index (χ1v) is 6.28. The van der Waals surface area contributed by atoms with E-state index in [1.54, 1.807) is 5.57 Å². The summed E-state index contributed by atoms with van der Waals surface area (Å²) in [7, 11) is 0. The van der Waals surface area contributed by atoms with Crippen LogP contribution in [0.1, 0.15) is 53.4 Å². The van der Waals surface area contributed by atoms with Crippen molar-refractivity contribution in [2.75, 3.05) is 0 Å². The topological polar surface area (TPSA) is 17.1 Å². The normalized spacial score (nSPS) is 34.5. The Morgan fingerprint density at radius 3 is 2.75 bits per heavy atom. The molecule has 2 atom stereocenters. The largest absolute Gasteiger partial charge is 0.295 e. The maximum absolute atomic E-state index is 11.7. The molecular formula is C15H22O. The molecule has 2 aliphatic carbocycles. The van der Waals surface area contributed by atoms with E-state index in [1.807, 2.05) is 6.08 Å². The first-order valence-electron chi connectivity index (χ1n) is 6.28. The molecule has 0 N–H and O–H groups in total. The molecule has 0 heterocycles. The predicted molar refractivity (Wildman–Crippen MR) is 67.2 cm³/mol. The Balaban J connectivity index is 2.33. The van der Waals surface area contributed by atoms with E-state index in [4.69, 9.17) is 0 Å². The summed E-state index contributed by atoms with van der Waals surface area (Å²) in [6, 6.07) is 0. The molecule has 0 aliphatic heterocycles. The lowest BCUT2D eigenvalue weighted by Crippen LogP contribution is -2.37. The van der Waals surface area contributed by atoms with E-state index >= 15 is 0 Å². The summed E-state index contributed by atoms with van der Waals surface area (Å²) in [5, 5.41) is 0. The van der Waals surface area contributed by atoms with Gasteiger partial charge >= 0.3 is 0 Å². The fourth-order valence-electron chi connectivity index (χ4n) is 3.39. The molecule has 1 saturated carbocycles. The summed E-state index contributed by atoms with van der Waals surface area (Å²) in [4.78, 5) is 11.7. The molecule has 0 radical (unpaired) electrons. The molecule has 16 heavy (non-hydrogen) atoms. The van der Waals surface area contributed by atoms with Crippen LogP contribution < -0.4 is 0 Å². The summed E-state index contributed by atoms with van der Waals surface area (Å²) in [6.45, 7) is 8.86. The van der Waals surface area contributed by atoms with Gasteiger partial charge in [0.05, 0.1) is 0 Å². The highest BCUT2D eigenvalue weighted by molar-refractivity contribution is 5.92. The number of fused-ring (bicyclic) bond motifs is 1. The molecule has 1 heteroatoms. The molecule has 0 amide bonds. The number of rotatable bonds is 0. The molecule has 0 aromatic heterocycles. The summed E-state index contributed by atoms with van der Waals surface area (Å²) in [6.07, 6.45) is 6.17. The van der Waals surface area contributed by atoms with Crippen molar-refractivity contribution in [3.05, 3.63) is 22.8 Å². The maximum atomic E-state index is 11.7. The highest BCUT2D eigenvalue weighted by atomic mass is 16.1. The average molecular weight is 218 g/mol. The molecule has 2 unspecified atom stereocenters. The van der Waals surface area contributed by atoms with Gasteiger partial charge in [-0.3, -0.25) is 4.79 Å².